The van der Waals surface area contributed by atoms with Crippen LogP contribution in [0, 0.1) is 5.82 Å². The van der Waals surface area contributed by atoms with Gasteiger partial charge in [-0.2, -0.15) is 0 Å². The smallest absolute Gasteiger partial charge is 0.219 e. The van der Waals surface area contributed by atoms with Gasteiger partial charge in [0.1, 0.15) is 18.2 Å². The number of nitrogens with zero attached hydrogens (tertiary/aromatic N) is 1. The summed E-state index contributed by atoms with van der Waals surface area (Å²) in [5.41, 5.74) is 0.809. The van der Waals surface area contributed by atoms with Gasteiger partial charge < -0.3 is 9.47 Å². The number of methoxy groups -OCH3 is 1. The largest absolute Gasteiger partial charge is 0.489 e. The van der Waals surface area contributed by atoms with Gasteiger partial charge in [-0.25, -0.2) is 9.37 Å². The van der Waals surface area contributed by atoms with E-state index in [9.17, 15) is 4.39 Å². The van der Waals surface area contributed by atoms with Crippen molar-refractivity contribution in [1.82, 2.24) is 4.98 Å². The number of rotatable bonds is 4. The molecule has 0 bridgehead atoms. The lowest BCUT2D eigenvalue weighted by atomic mass is 10.3. The molecule has 2 aromatic rings. The Hall–Kier alpha value is -1.62. The standard InChI is InChI=1S/C13H11BrFNO2/c1-17-13-9(3-2-6-16-13)8-18-10-4-5-11(14)12(15)7-10/h2-7H,8H2,1H3. The number of halogens is 2. The first-order valence-corrected chi connectivity index (χ1v) is 6.05. The van der Waals surface area contributed by atoms with Gasteiger partial charge >= 0.3 is 0 Å². The maximum Gasteiger partial charge on any atom is 0.219 e. The molecule has 0 spiro atoms. The summed E-state index contributed by atoms with van der Waals surface area (Å²) in [6.45, 7) is 0.276. The van der Waals surface area contributed by atoms with Crippen LogP contribution in [0.5, 0.6) is 11.6 Å². The predicted molar refractivity (Wildman–Crippen MR) is 69.2 cm³/mol. The molecule has 0 aliphatic heterocycles. The van der Waals surface area contributed by atoms with E-state index >= 15 is 0 Å². The van der Waals surface area contributed by atoms with E-state index in [0.717, 1.165) is 5.56 Å². The lowest BCUT2D eigenvalue weighted by Gasteiger charge is -2.09. The summed E-state index contributed by atoms with van der Waals surface area (Å²) in [5.74, 6) is 0.613. The third-order valence-electron chi connectivity index (χ3n) is 2.33. The van der Waals surface area contributed by atoms with Crippen molar-refractivity contribution in [2.45, 2.75) is 6.61 Å². The number of aromatic nitrogens is 1. The Morgan fingerprint density at radius 1 is 1.33 bits per heavy atom. The number of ether oxygens (including phenoxy) is 2. The topological polar surface area (TPSA) is 31.4 Å². The van der Waals surface area contributed by atoms with E-state index in [-0.39, 0.29) is 12.4 Å². The van der Waals surface area contributed by atoms with Crippen LogP contribution in [-0.2, 0) is 6.61 Å². The molecule has 0 unspecified atom stereocenters. The first-order chi connectivity index (χ1) is 8.70. The fourth-order valence-corrected chi connectivity index (χ4v) is 1.69. The van der Waals surface area contributed by atoms with Crippen molar-refractivity contribution in [3.63, 3.8) is 0 Å². The molecular formula is C13H11BrFNO2. The van der Waals surface area contributed by atoms with E-state index < -0.39 is 0 Å². The molecule has 0 radical (unpaired) electrons. The fraction of sp³-hybridized carbons (Fsp3) is 0.154. The van der Waals surface area contributed by atoms with Crippen molar-refractivity contribution in [3.05, 3.63) is 52.4 Å². The average molecular weight is 312 g/mol. The van der Waals surface area contributed by atoms with Crippen molar-refractivity contribution in [3.8, 4) is 11.6 Å². The Bertz CT molecular complexity index is 548. The van der Waals surface area contributed by atoms with Gasteiger partial charge in [0.25, 0.3) is 0 Å². The molecule has 1 heterocycles. The zero-order valence-electron chi connectivity index (χ0n) is 9.69. The average Bonchev–Trinajstić information content (AvgIpc) is 2.40. The van der Waals surface area contributed by atoms with Crippen LogP contribution >= 0.6 is 15.9 Å². The quantitative estimate of drug-likeness (QED) is 0.865. The van der Waals surface area contributed by atoms with Gasteiger partial charge in [0.15, 0.2) is 0 Å². The van der Waals surface area contributed by atoms with Crippen molar-refractivity contribution in [1.29, 1.82) is 0 Å². The number of benzene rings is 1. The third-order valence-corrected chi connectivity index (χ3v) is 2.97. The minimum atomic E-state index is -0.356. The molecule has 0 fully saturated rings. The summed E-state index contributed by atoms with van der Waals surface area (Å²) < 4.78 is 24.3. The van der Waals surface area contributed by atoms with Gasteiger partial charge in [0, 0.05) is 12.3 Å². The molecule has 1 aromatic heterocycles. The molecule has 5 heteroatoms. The van der Waals surface area contributed by atoms with Crippen LogP contribution in [0.2, 0.25) is 0 Å². The molecule has 1 aromatic carbocycles. The van der Waals surface area contributed by atoms with E-state index in [2.05, 4.69) is 20.9 Å². The molecule has 0 aliphatic rings. The SMILES string of the molecule is COc1ncccc1COc1ccc(Br)c(F)c1. The lowest BCUT2D eigenvalue weighted by molar-refractivity contribution is 0.292. The third kappa shape index (κ3) is 2.98. The second kappa shape index (κ2) is 5.82. The van der Waals surface area contributed by atoms with E-state index in [4.69, 9.17) is 9.47 Å². The molecule has 2 rings (SSSR count). The van der Waals surface area contributed by atoms with Gasteiger partial charge in [-0.15, -0.1) is 0 Å². The minimum absolute atomic E-state index is 0.276. The fourth-order valence-electron chi connectivity index (χ4n) is 1.45. The Labute approximate surface area is 113 Å². The molecule has 94 valence electrons. The minimum Gasteiger partial charge on any atom is -0.489 e. The first-order valence-electron chi connectivity index (χ1n) is 5.26. The summed E-state index contributed by atoms with van der Waals surface area (Å²) in [7, 11) is 1.55. The lowest BCUT2D eigenvalue weighted by Crippen LogP contribution is -2.00. The second-order valence-electron chi connectivity index (χ2n) is 3.54. The first kappa shape index (κ1) is 12.8. The Kier molecular flexibility index (Phi) is 4.15. The summed E-state index contributed by atoms with van der Waals surface area (Å²) in [4.78, 5) is 4.06. The molecule has 3 nitrogen and oxygen atoms in total. The van der Waals surface area contributed by atoms with Crippen LogP contribution in [0.4, 0.5) is 4.39 Å². The van der Waals surface area contributed by atoms with E-state index in [1.54, 1.807) is 31.5 Å². The highest BCUT2D eigenvalue weighted by Gasteiger charge is 2.05. The molecule has 0 saturated heterocycles. The van der Waals surface area contributed by atoms with Gasteiger partial charge in [-0.1, -0.05) is 0 Å². The van der Waals surface area contributed by atoms with Gasteiger partial charge in [0.2, 0.25) is 5.88 Å². The van der Waals surface area contributed by atoms with Gasteiger partial charge in [0.05, 0.1) is 17.1 Å². The molecule has 0 atom stereocenters. The monoisotopic (exact) mass is 311 g/mol. The normalized spacial score (nSPS) is 10.2. The molecule has 0 N–H and O–H groups in total. The molecule has 0 saturated carbocycles. The zero-order chi connectivity index (χ0) is 13.0. The zero-order valence-corrected chi connectivity index (χ0v) is 11.3. The van der Waals surface area contributed by atoms with Crippen molar-refractivity contribution < 1.29 is 13.9 Å². The number of hydrogen-bond acceptors (Lipinski definition) is 3. The van der Waals surface area contributed by atoms with Crippen LogP contribution in [0.3, 0.4) is 0 Å². The summed E-state index contributed by atoms with van der Waals surface area (Å²) in [6, 6.07) is 8.26. The van der Waals surface area contributed by atoms with Crippen LogP contribution in [0.15, 0.2) is 41.0 Å². The van der Waals surface area contributed by atoms with Crippen molar-refractivity contribution in [2.24, 2.45) is 0 Å². The number of hydrogen-bond donors (Lipinski definition) is 0. The second-order valence-corrected chi connectivity index (χ2v) is 4.39. The summed E-state index contributed by atoms with van der Waals surface area (Å²) >= 11 is 3.09. The Morgan fingerprint density at radius 2 is 2.17 bits per heavy atom. The molecule has 0 aliphatic carbocycles. The van der Waals surface area contributed by atoms with Crippen molar-refractivity contribution in [2.75, 3.05) is 7.11 Å². The van der Waals surface area contributed by atoms with E-state index in [1.807, 2.05) is 6.07 Å². The van der Waals surface area contributed by atoms with Crippen LogP contribution < -0.4 is 9.47 Å². The molecule has 18 heavy (non-hydrogen) atoms. The highest BCUT2D eigenvalue weighted by atomic mass is 79.9. The summed E-state index contributed by atoms with van der Waals surface area (Å²) in [5, 5.41) is 0. The van der Waals surface area contributed by atoms with Gasteiger partial charge in [-0.05, 0) is 40.2 Å². The maximum absolute atomic E-state index is 13.3. The highest BCUT2D eigenvalue weighted by Crippen LogP contribution is 2.22. The number of pyridine rings is 1. The Morgan fingerprint density at radius 3 is 2.89 bits per heavy atom. The van der Waals surface area contributed by atoms with Gasteiger partial charge in [-0.3, -0.25) is 0 Å². The van der Waals surface area contributed by atoms with Crippen LogP contribution in [-0.4, -0.2) is 12.1 Å². The highest BCUT2D eigenvalue weighted by molar-refractivity contribution is 9.10. The summed E-state index contributed by atoms with van der Waals surface area (Å²) in [6.07, 6.45) is 1.64. The maximum atomic E-state index is 13.3. The van der Waals surface area contributed by atoms with Crippen LogP contribution in [0.25, 0.3) is 0 Å². The van der Waals surface area contributed by atoms with Crippen molar-refractivity contribution >= 4 is 15.9 Å². The van der Waals surface area contributed by atoms with Crippen LogP contribution in [0.1, 0.15) is 5.56 Å². The predicted octanol–water partition coefficient (Wildman–Crippen LogP) is 3.57. The van der Waals surface area contributed by atoms with E-state index in [1.165, 1.54) is 6.07 Å². The van der Waals surface area contributed by atoms with E-state index in [0.29, 0.717) is 16.1 Å². The molecular weight excluding hydrogens is 301 g/mol. The molecule has 0 amide bonds. The Balaban J connectivity index is 2.09.